The molecule has 6 heteroatoms. The molecule has 0 saturated carbocycles. The minimum Gasteiger partial charge on any atom is -0.395 e. The molecule has 0 spiro atoms. The molecule has 0 atom stereocenters. The fourth-order valence-electron chi connectivity index (χ4n) is 2.37. The Bertz CT molecular complexity index is 411. The van der Waals surface area contributed by atoms with E-state index in [2.05, 4.69) is 9.80 Å². The standard InChI is InChI=1S/C14H19F3N2O/c15-14(16,17)13-3-1-12(2-4-13)11-19-7-5-18(6-8-19)9-10-20/h1-4,20H,5-11H2. The van der Waals surface area contributed by atoms with Gasteiger partial charge in [0.1, 0.15) is 0 Å². The van der Waals surface area contributed by atoms with Crippen molar-refractivity contribution in [2.45, 2.75) is 12.7 Å². The quantitative estimate of drug-likeness (QED) is 0.915. The Labute approximate surface area is 116 Å². The summed E-state index contributed by atoms with van der Waals surface area (Å²) in [4.78, 5) is 4.40. The molecule has 1 fully saturated rings. The summed E-state index contributed by atoms with van der Waals surface area (Å²) in [5.74, 6) is 0. The van der Waals surface area contributed by atoms with E-state index in [9.17, 15) is 13.2 Å². The van der Waals surface area contributed by atoms with E-state index in [0.29, 0.717) is 13.1 Å². The third-order valence-corrected chi connectivity index (χ3v) is 3.57. The Morgan fingerprint density at radius 1 is 0.950 bits per heavy atom. The van der Waals surface area contributed by atoms with Crippen molar-refractivity contribution in [2.24, 2.45) is 0 Å². The molecule has 0 bridgehead atoms. The van der Waals surface area contributed by atoms with Gasteiger partial charge < -0.3 is 5.11 Å². The van der Waals surface area contributed by atoms with Crippen molar-refractivity contribution in [1.82, 2.24) is 9.80 Å². The highest BCUT2D eigenvalue weighted by atomic mass is 19.4. The first-order valence-corrected chi connectivity index (χ1v) is 6.71. The van der Waals surface area contributed by atoms with Crippen molar-refractivity contribution in [3.05, 3.63) is 35.4 Å². The van der Waals surface area contributed by atoms with Gasteiger partial charge in [-0.2, -0.15) is 13.2 Å². The number of halogens is 3. The Morgan fingerprint density at radius 3 is 2.00 bits per heavy atom. The molecule has 1 aliphatic rings. The van der Waals surface area contributed by atoms with Crippen LogP contribution in [0.4, 0.5) is 13.2 Å². The van der Waals surface area contributed by atoms with Crippen LogP contribution in [0.1, 0.15) is 11.1 Å². The van der Waals surface area contributed by atoms with Crippen molar-refractivity contribution in [3.8, 4) is 0 Å². The molecule has 0 amide bonds. The number of benzene rings is 1. The van der Waals surface area contributed by atoms with Crippen molar-refractivity contribution < 1.29 is 18.3 Å². The molecule has 0 aromatic heterocycles. The third kappa shape index (κ3) is 4.19. The molecule has 2 rings (SSSR count). The van der Waals surface area contributed by atoms with E-state index in [1.165, 1.54) is 0 Å². The highest BCUT2D eigenvalue weighted by molar-refractivity contribution is 5.24. The number of alkyl halides is 3. The van der Waals surface area contributed by atoms with Crippen LogP contribution in [0.3, 0.4) is 0 Å². The number of hydrogen-bond donors (Lipinski definition) is 1. The van der Waals surface area contributed by atoms with Gasteiger partial charge in [0, 0.05) is 39.3 Å². The molecular weight excluding hydrogens is 269 g/mol. The van der Waals surface area contributed by atoms with Gasteiger partial charge in [0.15, 0.2) is 0 Å². The summed E-state index contributed by atoms with van der Waals surface area (Å²) in [6, 6.07) is 5.36. The second-order valence-electron chi connectivity index (χ2n) is 5.04. The zero-order valence-corrected chi connectivity index (χ0v) is 11.2. The molecule has 3 nitrogen and oxygen atoms in total. The first kappa shape index (κ1) is 15.3. The highest BCUT2D eigenvalue weighted by Gasteiger charge is 2.30. The van der Waals surface area contributed by atoms with Gasteiger partial charge in [0.05, 0.1) is 12.2 Å². The van der Waals surface area contributed by atoms with Crippen LogP contribution in [-0.4, -0.2) is 54.2 Å². The predicted molar refractivity (Wildman–Crippen MR) is 70.2 cm³/mol. The van der Waals surface area contributed by atoms with Crippen molar-refractivity contribution in [2.75, 3.05) is 39.3 Å². The summed E-state index contributed by atoms with van der Waals surface area (Å²) >= 11 is 0. The lowest BCUT2D eigenvalue weighted by Crippen LogP contribution is -2.46. The zero-order valence-electron chi connectivity index (χ0n) is 11.2. The van der Waals surface area contributed by atoms with E-state index in [1.807, 2.05) is 0 Å². The topological polar surface area (TPSA) is 26.7 Å². The lowest BCUT2D eigenvalue weighted by molar-refractivity contribution is -0.137. The molecule has 1 saturated heterocycles. The molecule has 1 aromatic rings. The van der Waals surface area contributed by atoms with E-state index >= 15 is 0 Å². The lowest BCUT2D eigenvalue weighted by atomic mass is 10.1. The second kappa shape index (κ2) is 6.56. The first-order valence-electron chi connectivity index (χ1n) is 6.71. The molecule has 1 heterocycles. The average Bonchev–Trinajstić information content (AvgIpc) is 2.41. The SMILES string of the molecule is OCCN1CCN(Cc2ccc(C(F)(F)F)cc2)CC1. The summed E-state index contributed by atoms with van der Waals surface area (Å²) in [6.45, 7) is 5.06. The summed E-state index contributed by atoms with van der Waals surface area (Å²) in [7, 11) is 0. The number of nitrogens with zero attached hydrogens (tertiary/aromatic N) is 2. The molecule has 0 aliphatic carbocycles. The van der Waals surface area contributed by atoms with Crippen molar-refractivity contribution in [1.29, 1.82) is 0 Å². The van der Waals surface area contributed by atoms with Gasteiger partial charge in [-0.05, 0) is 17.7 Å². The average molecular weight is 288 g/mol. The smallest absolute Gasteiger partial charge is 0.395 e. The van der Waals surface area contributed by atoms with Crippen LogP contribution in [0, 0.1) is 0 Å². The number of aliphatic hydroxyl groups is 1. The molecule has 1 N–H and O–H groups in total. The molecule has 0 radical (unpaired) electrons. The highest BCUT2D eigenvalue weighted by Crippen LogP contribution is 2.29. The predicted octanol–water partition coefficient (Wildman–Crippen LogP) is 1.82. The maximum atomic E-state index is 12.5. The first-order chi connectivity index (χ1) is 9.49. The van der Waals surface area contributed by atoms with Crippen LogP contribution in [0.15, 0.2) is 24.3 Å². The molecule has 1 aliphatic heterocycles. The van der Waals surface area contributed by atoms with E-state index in [-0.39, 0.29) is 6.61 Å². The summed E-state index contributed by atoms with van der Waals surface area (Å²) < 4.78 is 37.4. The summed E-state index contributed by atoms with van der Waals surface area (Å²) in [5.41, 5.74) is 0.294. The Hall–Kier alpha value is -1.11. The Morgan fingerprint density at radius 2 is 1.50 bits per heavy atom. The van der Waals surface area contributed by atoms with E-state index in [4.69, 9.17) is 5.11 Å². The summed E-state index contributed by atoms with van der Waals surface area (Å²) in [6.07, 6.45) is -4.27. The maximum Gasteiger partial charge on any atom is 0.416 e. The van der Waals surface area contributed by atoms with Crippen LogP contribution < -0.4 is 0 Å². The third-order valence-electron chi connectivity index (χ3n) is 3.57. The van der Waals surface area contributed by atoms with E-state index in [0.717, 1.165) is 43.9 Å². The largest absolute Gasteiger partial charge is 0.416 e. The number of piperazine rings is 1. The minimum atomic E-state index is -4.27. The summed E-state index contributed by atoms with van der Waals surface area (Å²) in [5, 5.41) is 8.86. The minimum absolute atomic E-state index is 0.166. The monoisotopic (exact) mass is 288 g/mol. The van der Waals surface area contributed by atoms with Crippen molar-refractivity contribution >= 4 is 0 Å². The zero-order chi connectivity index (χ0) is 14.6. The van der Waals surface area contributed by atoms with Crippen LogP contribution in [-0.2, 0) is 12.7 Å². The molecular formula is C14H19F3N2O. The molecule has 1 aromatic carbocycles. The second-order valence-corrected chi connectivity index (χ2v) is 5.04. The van der Waals surface area contributed by atoms with Gasteiger partial charge in [-0.15, -0.1) is 0 Å². The normalized spacial score (nSPS) is 18.4. The van der Waals surface area contributed by atoms with Gasteiger partial charge >= 0.3 is 6.18 Å². The van der Waals surface area contributed by atoms with Gasteiger partial charge in [-0.1, -0.05) is 12.1 Å². The van der Waals surface area contributed by atoms with E-state index in [1.54, 1.807) is 12.1 Å². The number of aliphatic hydroxyl groups excluding tert-OH is 1. The molecule has 20 heavy (non-hydrogen) atoms. The van der Waals surface area contributed by atoms with Gasteiger partial charge in [-0.3, -0.25) is 9.80 Å². The van der Waals surface area contributed by atoms with Crippen LogP contribution >= 0.6 is 0 Å². The van der Waals surface area contributed by atoms with Crippen LogP contribution in [0.5, 0.6) is 0 Å². The van der Waals surface area contributed by atoms with Gasteiger partial charge in [0.25, 0.3) is 0 Å². The molecule has 112 valence electrons. The molecule has 0 unspecified atom stereocenters. The van der Waals surface area contributed by atoms with Crippen LogP contribution in [0.25, 0.3) is 0 Å². The lowest BCUT2D eigenvalue weighted by Gasteiger charge is -2.34. The fourth-order valence-corrected chi connectivity index (χ4v) is 2.37. The maximum absolute atomic E-state index is 12.5. The van der Waals surface area contributed by atoms with Crippen LogP contribution in [0.2, 0.25) is 0 Å². The Kier molecular flexibility index (Phi) is 5.01. The van der Waals surface area contributed by atoms with Crippen molar-refractivity contribution in [3.63, 3.8) is 0 Å². The Balaban J connectivity index is 1.85. The fraction of sp³-hybridized carbons (Fsp3) is 0.571. The number of β-amino-alcohol motifs (C(OH)–C–C–N with tert-alkyl or cyclic N) is 1. The van der Waals surface area contributed by atoms with Gasteiger partial charge in [0.2, 0.25) is 0 Å². The van der Waals surface area contributed by atoms with Gasteiger partial charge in [-0.25, -0.2) is 0 Å². The number of hydrogen-bond acceptors (Lipinski definition) is 3. The van der Waals surface area contributed by atoms with E-state index < -0.39 is 11.7 Å². The number of rotatable bonds is 4.